The molecule has 0 spiro atoms. The van der Waals surface area contributed by atoms with Crippen molar-refractivity contribution in [1.29, 1.82) is 0 Å². The van der Waals surface area contributed by atoms with Gasteiger partial charge in [0, 0.05) is 11.6 Å². The van der Waals surface area contributed by atoms with Gasteiger partial charge in [-0.25, -0.2) is 8.78 Å². The Morgan fingerprint density at radius 3 is 2.52 bits per heavy atom. The summed E-state index contributed by atoms with van der Waals surface area (Å²) in [5, 5.41) is 3.55. The van der Waals surface area contributed by atoms with E-state index in [0.717, 1.165) is 30.4 Å². The highest BCUT2D eigenvalue weighted by Gasteiger charge is 2.12. The average molecular weight is 440 g/mol. The number of benzene rings is 3. The maximum Gasteiger partial charge on any atom is 0.146 e. The molecule has 3 aromatic carbocycles. The van der Waals surface area contributed by atoms with Gasteiger partial charge in [0.25, 0.3) is 0 Å². The Morgan fingerprint density at radius 1 is 1.06 bits per heavy atom. The van der Waals surface area contributed by atoms with Gasteiger partial charge in [0.05, 0.1) is 17.3 Å². The predicted octanol–water partition coefficient (Wildman–Crippen LogP) is 7.50. The van der Waals surface area contributed by atoms with Crippen LogP contribution in [0.3, 0.4) is 0 Å². The van der Waals surface area contributed by atoms with Crippen LogP contribution in [0.4, 0.5) is 20.2 Å². The highest BCUT2D eigenvalue weighted by atomic mass is 35.5. The van der Waals surface area contributed by atoms with Gasteiger partial charge in [0.1, 0.15) is 17.4 Å². The number of anilines is 2. The van der Waals surface area contributed by atoms with Crippen molar-refractivity contribution < 1.29 is 13.5 Å². The molecule has 0 aliphatic heterocycles. The average Bonchev–Trinajstić information content (AvgIpc) is 2.76. The zero-order valence-corrected chi connectivity index (χ0v) is 18.1. The molecule has 2 nitrogen and oxygen atoms in total. The predicted molar refractivity (Wildman–Crippen MR) is 123 cm³/mol. The summed E-state index contributed by atoms with van der Waals surface area (Å²) in [6.07, 6.45) is 8.12. The first-order valence-corrected chi connectivity index (χ1v) is 10.6. The Kier molecular flexibility index (Phi) is 7.92. The van der Waals surface area contributed by atoms with Crippen LogP contribution in [-0.2, 0) is 6.42 Å². The third kappa shape index (κ3) is 6.23. The molecule has 1 N–H and O–H groups in total. The minimum Gasteiger partial charge on any atom is -0.492 e. The molecule has 1 atom stereocenters. The van der Waals surface area contributed by atoms with Crippen LogP contribution in [0.5, 0.6) is 5.75 Å². The van der Waals surface area contributed by atoms with Crippen LogP contribution < -0.4 is 10.1 Å². The number of ether oxygens (including phenoxy) is 1. The first kappa shape index (κ1) is 22.7. The number of halogens is 3. The number of hydrogen-bond donors (Lipinski definition) is 1. The van der Waals surface area contributed by atoms with E-state index in [4.69, 9.17) is 22.8 Å². The topological polar surface area (TPSA) is 21.3 Å². The van der Waals surface area contributed by atoms with Crippen molar-refractivity contribution in [2.45, 2.75) is 32.1 Å². The molecular weight excluding hydrogens is 416 g/mol. The number of terminal acetylenes is 1. The molecule has 5 heteroatoms. The van der Waals surface area contributed by atoms with Crippen LogP contribution >= 0.6 is 11.6 Å². The van der Waals surface area contributed by atoms with Crippen LogP contribution in [0.15, 0.2) is 60.7 Å². The van der Waals surface area contributed by atoms with Gasteiger partial charge < -0.3 is 10.1 Å². The fraction of sp³-hybridized carbons (Fsp3) is 0.231. The van der Waals surface area contributed by atoms with Crippen molar-refractivity contribution in [3.8, 4) is 18.1 Å². The van der Waals surface area contributed by atoms with Gasteiger partial charge in [0.2, 0.25) is 0 Å². The summed E-state index contributed by atoms with van der Waals surface area (Å²) in [4.78, 5) is 0. The molecule has 31 heavy (non-hydrogen) atoms. The molecule has 0 aliphatic carbocycles. The second-order valence-corrected chi connectivity index (χ2v) is 7.59. The van der Waals surface area contributed by atoms with E-state index in [2.05, 4.69) is 11.2 Å². The molecule has 3 aromatic rings. The second-order valence-electron chi connectivity index (χ2n) is 7.18. The Labute approximate surface area is 187 Å². The van der Waals surface area contributed by atoms with E-state index in [-0.39, 0.29) is 17.6 Å². The SMILES string of the molecule is C#CC(CCCc1ccc(F)c(Nc2ccc(F)cc2)c1)c1ccc(OCC)c(Cl)c1. The van der Waals surface area contributed by atoms with Gasteiger partial charge in [-0.15, -0.1) is 6.42 Å². The molecule has 160 valence electrons. The van der Waals surface area contributed by atoms with E-state index in [1.807, 2.05) is 25.1 Å². The summed E-state index contributed by atoms with van der Waals surface area (Å²) >= 11 is 6.29. The third-order valence-electron chi connectivity index (χ3n) is 4.97. The fourth-order valence-electron chi connectivity index (χ4n) is 3.38. The minimum absolute atomic E-state index is 0.0644. The van der Waals surface area contributed by atoms with Crippen LogP contribution in [0.1, 0.15) is 36.8 Å². The molecule has 0 heterocycles. The van der Waals surface area contributed by atoms with Crippen molar-refractivity contribution in [1.82, 2.24) is 0 Å². The van der Waals surface area contributed by atoms with E-state index in [9.17, 15) is 8.78 Å². The molecule has 0 saturated carbocycles. The van der Waals surface area contributed by atoms with Crippen LogP contribution in [0, 0.1) is 24.0 Å². The molecule has 0 aromatic heterocycles. The highest BCUT2D eigenvalue weighted by Crippen LogP contribution is 2.31. The Morgan fingerprint density at radius 2 is 1.84 bits per heavy atom. The lowest BCUT2D eigenvalue weighted by Gasteiger charge is -2.14. The second kappa shape index (κ2) is 10.8. The normalized spacial score (nSPS) is 11.6. The Bertz CT molecular complexity index is 1060. The zero-order chi connectivity index (χ0) is 22.2. The fourth-order valence-corrected chi connectivity index (χ4v) is 3.62. The summed E-state index contributed by atoms with van der Waals surface area (Å²) in [6, 6.07) is 16.4. The monoisotopic (exact) mass is 439 g/mol. The van der Waals surface area contributed by atoms with Crippen molar-refractivity contribution in [3.63, 3.8) is 0 Å². The van der Waals surface area contributed by atoms with Gasteiger partial charge in [-0.2, -0.15) is 0 Å². The summed E-state index contributed by atoms with van der Waals surface area (Å²) in [7, 11) is 0. The first-order chi connectivity index (χ1) is 15.0. The minimum atomic E-state index is -0.362. The smallest absolute Gasteiger partial charge is 0.146 e. The molecule has 0 radical (unpaired) electrons. The van der Waals surface area contributed by atoms with Crippen molar-refractivity contribution in [2.75, 3.05) is 11.9 Å². The number of rotatable bonds is 9. The summed E-state index contributed by atoms with van der Waals surface area (Å²) < 4.78 is 32.7. The largest absolute Gasteiger partial charge is 0.492 e. The van der Waals surface area contributed by atoms with Gasteiger partial charge in [-0.05, 0) is 85.8 Å². The Hall–Kier alpha value is -3.03. The van der Waals surface area contributed by atoms with Gasteiger partial charge in [-0.3, -0.25) is 0 Å². The molecule has 0 saturated heterocycles. The highest BCUT2D eigenvalue weighted by molar-refractivity contribution is 6.32. The summed E-state index contributed by atoms with van der Waals surface area (Å²) in [5.41, 5.74) is 2.95. The molecule has 1 unspecified atom stereocenters. The number of aryl methyl sites for hydroxylation is 1. The summed E-state index contributed by atoms with van der Waals surface area (Å²) in [6.45, 7) is 2.46. The molecule has 0 amide bonds. The van der Waals surface area contributed by atoms with Gasteiger partial charge in [-0.1, -0.05) is 29.7 Å². The van der Waals surface area contributed by atoms with Crippen molar-refractivity contribution in [2.24, 2.45) is 0 Å². The molecular formula is C26H24ClF2NO. The summed E-state index contributed by atoms with van der Waals surface area (Å²) in [5.74, 6) is 2.72. The van der Waals surface area contributed by atoms with Gasteiger partial charge >= 0.3 is 0 Å². The standard InChI is InChI=1S/C26H24ClF2NO/c1-3-19(20-9-15-26(31-4-2)23(27)17-20)7-5-6-18-8-14-24(29)25(16-18)30-22-12-10-21(28)11-13-22/h1,8-17,19,30H,4-7H2,2H3. The van der Waals surface area contributed by atoms with Crippen molar-refractivity contribution in [3.05, 3.63) is 88.4 Å². The lowest BCUT2D eigenvalue weighted by Crippen LogP contribution is -2.00. The van der Waals surface area contributed by atoms with E-state index < -0.39 is 0 Å². The third-order valence-corrected chi connectivity index (χ3v) is 5.27. The van der Waals surface area contributed by atoms with Crippen molar-refractivity contribution >= 4 is 23.0 Å². The Balaban J connectivity index is 1.62. The van der Waals surface area contributed by atoms with Crippen LogP contribution in [-0.4, -0.2) is 6.61 Å². The number of nitrogens with one attached hydrogen (secondary N) is 1. The van der Waals surface area contributed by atoms with E-state index in [0.29, 0.717) is 28.8 Å². The number of hydrogen-bond acceptors (Lipinski definition) is 2. The maximum absolute atomic E-state index is 14.2. The maximum atomic E-state index is 14.2. The quantitative estimate of drug-likeness (QED) is 0.348. The lowest BCUT2D eigenvalue weighted by atomic mass is 9.93. The molecule has 0 fully saturated rings. The van der Waals surface area contributed by atoms with E-state index in [1.165, 1.54) is 18.2 Å². The van der Waals surface area contributed by atoms with Crippen LogP contribution in [0.2, 0.25) is 5.02 Å². The zero-order valence-electron chi connectivity index (χ0n) is 17.3. The van der Waals surface area contributed by atoms with E-state index >= 15 is 0 Å². The lowest BCUT2D eigenvalue weighted by molar-refractivity contribution is 0.340. The molecule has 3 rings (SSSR count). The first-order valence-electron chi connectivity index (χ1n) is 10.2. The van der Waals surface area contributed by atoms with E-state index in [1.54, 1.807) is 24.3 Å². The van der Waals surface area contributed by atoms with Crippen LogP contribution in [0.25, 0.3) is 0 Å². The molecule has 0 aliphatic rings. The molecule has 0 bridgehead atoms. The van der Waals surface area contributed by atoms with Gasteiger partial charge in [0.15, 0.2) is 0 Å².